The molecule has 0 radical (unpaired) electrons. The van der Waals surface area contributed by atoms with Gasteiger partial charge in [0.05, 0.1) is 10.9 Å². The molecule has 4 aromatic rings. The quantitative estimate of drug-likeness (QED) is 0.309. The van der Waals surface area contributed by atoms with Crippen LogP contribution in [-0.2, 0) is 0 Å². The molecular formula is C34H36F2N6O2. The molecule has 4 aliphatic heterocycles. The summed E-state index contributed by atoms with van der Waals surface area (Å²) in [6.07, 6.45) is 11.0. The van der Waals surface area contributed by atoms with Crippen LogP contribution in [0.5, 0.6) is 11.8 Å². The van der Waals surface area contributed by atoms with E-state index in [2.05, 4.69) is 25.1 Å². The van der Waals surface area contributed by atoms with Crippen molar-refractivity contribution in [3.05, 3.63) is 48.2 Å². The van der Waals surface area contributed by atoms with Crippen molar-refractivity contribution < 1.29 is 18.6 Å². The van der Waals surface area contributed by atoms with Crippen molar-refractivity contribution in [2.45, 2.75) is 75.0 Å². The largest absolute Gasteiger partial charge is 0.508 e. The number of halogens is 2. The summed E-state index contributed by atoms with van der Waals surface area (Å²) in [5.74, 6) is 0.0681. The fourth-order valence-corrected chi connectivity index (χ4v) is 9.30. The van der Waals surface area contributed by atoms with Gasteiger partial charge in [0, 0.05) is 48.4 Å². The van der Waals surface area contributed by atoms with E-state index in [4.69, 9.17) is 9.72 Å². The smallest absolute Gasteiger partial charge is 0.319 e. The number of anilines is 1. The highest BCUT2D eigenvalue weighted by atomic mass is 19.1. The van der Waals surface area contributed by atoms with Gasteiger partial charge < -0.3 is 20.1 Å². The van der Waals surface area contributed by atoms with E-state index in [1.165, 1.54) is 37.5 Å². The van der Waals surface area contributed by atoms with Gasteiger partial charge in [-0.05, 0) is 81.0 Å². The fourth-order valence-electron chi connectivity index (χ4n) is 9.30. The molecule has 5 aliphatic rings. The second-order valence-electron chi connectivity index (χ2n) is 13.7. The van der Waals surface area contributed by atoms with Crippen molar-refractivity contribution in [3.63, 3.8) is 0 Å². The van der Waals surface area contributed by atoms with Gasteiger partial charge in [-0.1, -0.05) is 18.6 Å². The van der Waals surface area contributed by atoms with Crippen LogP contribution in [0.3, 0.4) is 0 Å². The van der Waals surface area contributed by atoms with Crippen LogP contribution in [0.15, 0.2) is 36.5 Å². The van der Waals surface area contributed by atoms with Crippen LogP contribution in [-0.4, -0.2) is 74.9 Å². The van der Waals surface area contributed by atoms with Crippen LogP contribution in [0.25, 0.3) is 32.9 Å². The molecule has 2 bridgehead atoms. The van der Waals surface area contributed by atoms with E-state index in [9.17, 15) is 5.11 Å². The van der Waals surface area contributed by atoms with Crippen molar-refractivity contribution >= 4 is 27.5 Å². The lowest BCUT2D eigenvalue weighted by Crippen LogP contribution is -2.51. The summed E-state index contributed by atoms with van der Waals surface area (Å²) in [6, 6.07) is 8.93. The third-order valence-corrected chi connectivity index (χ3v) is 11.1. The SMILES string of the molecule is Oc1cc(-c2ncc3c(N4CC5CCC(C4)N5)nc(OC[C@@]45CCCN4[C@@H]4CCC[C@@H]4C5)nc3c2F)c2c(F)cccc2c1. The molecule has 10 heteroatoms. The Kier molecular flexibility index (Phi) is 6.04. The van der Waals surface area contributed by atoms with Crippen molar-refractivity contribution in [1.82, 2.24) is 25.2 Å². The molecule has 1 saturated carbocycles. The molecule has 2 aromatic heterocycles. The number of pyridine rings is 1. The molecule has 9 rings (SSSR count). The van der Waals surface area contributed by atoms with Gasteiger partial charge in [-0.25, -0.2) is 8.78 Å². The van der Waals surface area contributed by atoms with Gasteiger partial charge in [0.25, 0.3) is 0 Å². The number of hydrogen-bond donors (Lipinski definition) is 2. The number of nitrogens with zero attached hydrogens (tertiary/aromatic N) is 5. The molecule has 5 fully saturated rings. The number of aromatic hydroxyl groups is 1. The van der Waals surface area contributed by atoms with E-state index < -0.39 is 11.6 Å². The van der Waals surface area contributed by atoms with E-state index in [1.807, 2.05) is 0 Å². The molecular weight excluding hydrogens is 562 g/mol. The summed E-state index contributed by atoms with van der Waals surface area (Å²) < 4.78 is 38.3. The number of hydrogen-bond acceptors (Lipinski definition) is 8. The fraction of sp³-hybridized carbons (Fsp3) is 0.500. The zero-order valence-electron chi connectivity index (χ0n) is 24.6. The Morgan fingerprint density at radius 1 is 1.05 bits per heavy atom. The van der Waals surface area contributed by atoms with Crippen LogP contribution in [0, 0.1) is 17.6 Å². The molecule has 228 valence electrons. The van der Waals surface area contributed by atoms with E-state index in [0.717, 1.165) is 57.7 Å². The molecule has 2 N–H and O–H groups in total. The number of ether oxygens (including phenoxy) is 1. The average molecular weight is 599 g/mol. The van der Waals surface area contributed by atoms with Gasteiger partial charge in [0.1, 0.15) is 35.2 Å². The number of aromatic nitrogens is 3. The minimum atomic E-state index is -0.680. The highest BCUT2D eigenvalue weighted by Gasteiger charge is 2.55. The van der Waals surface area contributed by atoms with Crippen molar-refractivity contribution in [3.8, 4) is 23.0 Å². The van der Waals surface area contributed by atoms with Crippen LogP contribution in [0.2, 0.25) is 0 Å². The van der Waals surface area contributed by atoms with E-state index in [1.54, 1.807) is 18.3 Å². The number of benzene rings is 2. The molecule has 6 heterocycles. The Labute approximate surface area is 254 Å². The first-order valence-corrected chi connectivity index (χ1v) is 16.1. The van der Waals surface area contributed by atoms with E-state index in [0.29, 0.717) is 41.3 Å². The molecule has 2 aromatic carbocycles. The van der Waals surface area contributed by atoms with Crippen molar-refractivity contribution in [1.29, 1.82) is 0 Å². The lowest BCUT2D eigenvalue weighted by Gasteiger charge is -2.35. The normalized spacial score (nSPS) is 29.5. The van der Waals surface area contributed by atoms with E-state index in [-0.39, 0.29) is 39.5 Å². The monoisotopic (exact) mass is 598 g/mol. The maximum Gasteiger partial charge on any atom is 0.319 e. The number of piperazine rings is 1. The van der Waals surface area contributed by atoms with Gasteiger partial charge in [-0.3, -0.25) is 9.88 Å². The predicted molar refractivity (Wildman–Crippen MR) is 164 cm³/mol. The molecule has 8 nitrogen and oxygen atoms in total. The number of rotatable bonds is 5. The topological polar surface area (TPSA) is 86.6 Å². The van der Waals surface area contributed by atoms with Gasteiger partial charge in [-0.15, -0.1) is 0 Å². The Bertz CT molecular complexity index is 1790. The summed E-state index contributed by atoms with van der Waals surface area (Å²) in [4.78, 5) is 19.0. The standard InChI is InChI=1S/C34H36F2N6O2/c35-26-6-1-4-19-12-23(43)13-24(28(19)26)30-29(36)31-25(15-37-30)32(41-16-21-8-9-22(17-41)38-21)40-33(39-31)44-18-34-10-3-11-42(34)27-7-2-5-20(27)14-34/h1,4,6,12-13,15,20-22,27,38,43H,2-3,5,7-11,14,16-18H2/t20-,21?,22?,27-,34+/m1/s1. The predicted octanol–water partition coefficient (Wildman–Crippen LogP) is 5.56. The maximum absolute atomic E-state index is 16.7. The van der Waals surface area contributed by atoms with Crippen LogP contribution in [0.1, 0.15) is 51.4 Å². The molecule has 0 spiro atoms. The summed E-state index contributed by atoms with van der Waals surface area (Å²) in [7, 11) is 0. The molecule has 44 heavy (non-hydrogen) atoms. The molecule has 0 amide bonds. The molecule has 4 saturated heterocycles. The van der Waals surface area contributed by atoms with Crippen LogP contribution >= 0.6 is 0 Å². The lowest BCUT2D eigenvalue weighted by molar-refractivity contribution is 0.0832. The first-order valence-electron chi connectivity index (χ1n) is 16.1. The third-order valence-electron chi connectivity index (χ3n) is 11.1. The summed E-state index contributed by atoms with van der Waals surface area (Å²) >= 11 is 0. The Morgan fingerprint density at radius 3 is 2.77 bits per heavy atom. The maximum atomic E-state index is 16.7. The van der Waals surface area contributed by atoms with Crippen molar-refractivity contribution in [2.24, 2.45) is 5.92 Å². The zero-order valence-corrected chi connectivity index (χ0v) is 24.6. The number of fused-ring (bicyclic) bond motifs is 7. The second-order valence-corrected chi connectivity index (χ2v) is 13.7. The minimum absolute atomic E-state index is 0.0116. The highest BCUT2D eigenvalue weighted by Crippen LogP contribution is 2.51. The summed E-state index contributed by atoms with van der Waals surface area (Å²) in [5.41, 5.74) is 0.197. The summed E-state index contributed by atoms with van der Waals surface area (Å²) in [5, 5.41) is 15.3. The zero-order chi connectivity index (χ0) is 29.6. The average Bonchev–Trinajstić information content (AvgIpc) is 3.77. The van der Waals surface area contributed by atoms with Crippen molar-refractivity contribution in [2.75, 3.05) is 31.1 Å². The molecule has 2 unspecified atom stereocenters. The first-order chi connectivity index (χ1) is 21.5. The number of nitrogens with one attached hydrogen (secondary N) is 1. The van der Waals surface area contributed by atoms with Crippen LogP contribution in [0.4, 0.5) is 14.6 Å². The number of phenols is 1. The molecule has 5 atom stereocenters. The van der Waals surface area contributed by atoms with Gasteiger partial charge in [0.2, 0.25) is 0 Å². The van der Waals surface area contributed by atoms with Gasteiger partial charge in [-0.2, -0.15) is 9.97 Å². The first kappa shape index (κ1) is 26.7. The Balaban J connectivity index is 1.16. The number of phenolic OH excluding ortho intramolecular Hbond substituents is 1. The third kappa shape index (κ3) is 4.10. The minimum Gasteiger partial charge on any atom is -0.508 e. The Morgan fingerprint density at radius 2 is 1.91 bits per heavy atom. The highest BCUT2D eigenvalue weighted by molar-refractivity contribution is 6.00. The van der Waals surface area contributed by atoms with Gasteiger partial charge in [0.15, 0.2) is 5.82 Å². The second kappa shape index (κ2) is 9.94. The van der Waals surface area contributed by atoms with E-state index >= 15 is 8.78 Å². The Hall–Kier alpha value is -3.63. The summed E-state index contributed by atoms with van der Waals surface area (Å²) in [6.45, 7) is 3.11. The lowest BCUT2D eigenvalue weighted by atomic mass is 9.90. The van der Waals surface area contributed by atoms with Crippen LogP contribution < -0.4 is 15.0 Å². The van der Waals surface area contributed by atoms with Gasteiger partial charge >= 0.3 is 6.01 Å². The molecule has 1 aliphatic carbocycles.